The number of carbonyl (C=O) groups excluding carboxylic acids is 2. The number of rotatable bonds is 4. The molecule has 4 aliphatic heterocycles. The molecular weight excluding hydrogens is 764 g/mol. The number of anilines is 2. The van der Waals surface area contributed by atoms with E-state index in [0.29, 0.717) is 72.8 Å². The van der Waals surface area contributed by atoms with Crippen LogP contribution in [0.3, 0.4) is 0 Å². The Balaban J connectivity index is 0.000000177. The second-order valence-electron chi connectivity index (χ2n) is 13.9. The van der Waals surface area contributed by atoms with Crippen molar-refractivity contribution in [3.63, 3.8) is 0 Å². The SMILES string of the molecule is N#Cc1cncc2c1OCCN(C(=O)[C@@H]1CCN(c3ncc(F)cn3)C[C@H]1F)C2.N#Cc1cncc2c1OCCN(C(=O)[C@H]1CCN(c3ncc(F)cn3)C[C@@H]1F)C2. The smallest absolute Gasteiger partial charge is 0.229 e. The molecule has 2 saturated heterocycles. The molecule has 0 saturated carbocycles. The third-order valence-corrected chi connectivity index (χ3v) is 10.2. The average Bonchev–Trinajstić information content (AvgIpc) is 3.61. The van der Waals surface area contributed by atoms with Crippen LogP contribution in [-0.4, -0.2) is 116 Å². The first-order chi connectivity index (χ1) is 28.1. The molecule has 300 valence electrons. The minimum atomic E-state index is -1.41. The van der Waals surface area contributed by atoms with Gasteiger partial charge in [0.2, 0.25) is 23.7 Å². The van der Waals surface area contributed by atoms with Crippen molar-refractivity contribution in [1.29, 1.82) is 10.5 Å². The maximum absolute atomic E-state index is 14.9. The number of hydrogen-bond donors (Lipinski definition) is 0. The van der Waals surface area contributed by atoms with Crippen LogP contribution >= 0.6 is 0 Å². The van der Waals surface area contributed by atoms with Crippen molar-refractivity contribution in [2.75, 3.05) is 62.3 Å². The molecule has 0 spiro atoms. The van der Waals surface area contributed by atoms with Gasteiger partial charge in [-0.2, -0.15) is 10.5 Å². The summed E-state index contributed by atoms with van der Waals surface area (Å²) in [6, 6.07) is 4.06. The van der Waals surface area contributed by atoms with E-state index in [1.54, 1.807) is 32.0 Å². The third-order valence-electron chi connectivity index (χ3n) is 10.2. The molecular formula is C38H36F4N12O4. The maximum atomic E-state index is 14.9. The zero-order chi connectivity index (χ0) is 40.8. The predicted molar refractivity (Wildman–Crippen MR) is 194 cm³/mol. The van der Waals surface area contributed by atoms with Crippen LogP contribution in [0.4, 0.5) is 29.5 Å². The highest BCUT2D eigenvalue weighted by Crippen LogP contribution is 2.32. The van der Waals surface area contributed by atoms with E-state index in [1.165, 1.54) is 12.4 Å². The molecule has 0 aromatic carbocycles. The number of nitrogens with zero attached hydrogens (tertiary/aromatic N) is 12. The highest BCUT2D eigenvalue weighted by molar-refractivity contribution is 5.81. The quantitative estimate of drug-likeness (QED) is 0.274. The van der Waals surface area contributed by atoms with Gasteiger partial charge in [-0.3, -0.25) is 19.6 Å². The summed E-state index contributed by atoms with van der Waals surface area (Å²) >= 11 is 0. The third kappa shape index (κ3) is 8.65. The van der Waals surface area contributed by atoms with E-state index in [4.69, 9.17) is 9.47 Å². The number of ether oxygens (including phenoxy) is 2. The molecule has 8 rings (SSSR count). The predicted octanol–water partition coefficient (Wildman–Crippen LogP) is 2.94. The standard InChI is InChI=1S/2C19H18F2N6O2/c2*20-14-8-24-19(25-9-14)27-2-1-15(16(21)11-27)18(28)26-3-4-29-17-12(5-22)6-23-7-13(17)10-26/h2*6-9,15-16H,1-4,10-11H2/t2*15-,16-/m10/s1. The second kappa shape index (κ2) is 17.6. The molecule has 20 heteroatoms. The Kier molecular flexibility index (Phi) is 12.0. The van der Waals surface area contributed by atoms with Crippen molar-refractivity contribution in [3.8, 4) is 23.6 Å². The van der Waals surface area contributed by atoms with Crippen LogP contribution < -0.4 is 19.3 Å². The van der Waals surface area contributed by atoms with Gasteiger partial charge in [-0.05, 0) is 12.8 Å². The number of fused-ring (bicyclic) bond motifs is 2. The number of nitriles is 2. The Bertz CT molecular complexity index is 2050. The van der Waals surface area contributed by atoms with Gasteiger partial charge in [0.25, 0.3) is 0 Å². The van der Waals surface area contributed by atoms with Crippen molar-refractivity contribution in [1.82, 2.24) is 39.7 Å². The Hall–Kier alpha value is -6.70. The maximum Gasteiger partial charge on any atom is 0.229 e. The van der Waals surface area contributed by atoms with E-state index in [1.807, 2.05) is 12.1 Å². The molecule has 0 unspecified atom stereocenters. The van der Waals surface area contributed by atoms with Crippen LogP contribution in [0.5, 0.6) is 11.5 Å². The molecule has 4 aliphatic rings. The summed E-state index contributed by atoms with van der Waals surface area (Å²) in [5.41, 5.74) is 1.88. The van der Waals surface area contributed by atoms with Gasteiger partial charge in [0.05, 0.1) is 75.9 Å². The normalized spacial score (nSPS) is 21.6. The van der Waals surface area contributed by atoms with Crippen molar-refractivity contribution in [2.24, 2.45) is 11.8 Å². The summed E-state index contributed by atoms with van der Waals surface area (Å²) in [6.45, 7) is 2.17. The number of pyridine rings is 2. The zero-order valence-corrected chi connectivity index (χ0v) is 30.9. The Morgan fingerprint density at radius 1 is 0.621 bits per heavy atom. The second-order valence-corrected chi connectivity index (χ2v) is 13.9. The Morgan fingerprint density at radius 2 is 1.02 bits per heavy atom. The summed E-state index contributed by atoms with van der Waals surface area (Å²) in [7, 11) is 0. The summed E-state index contributed by atoms with van der Waals surface area (Å²) < 4.78 is 67.0. The topological polar surface area (TPSA) is 190 Å². The van der Waals surface area contributed by atoms with Gasteiger partial charge in [-0.15, -0.1) is 0 Å². The number of piperidine rings is 2. The monoisotopic (exact) mass is 800 g/mol. The van der Waals surface area contributed by atoms with Crippen molar-refractivity contribution in [2.45, 2.75) is 38.3 Å². The van der Waals surface area contributed by atoms with Crippen LogP contribution in [0.15, 0.2) is 49.6 Å². The van der Waals surface area contributed by atoms with Crippen LogP contribution in [-0.2, 0) is 22.7 Å². The van der Waals surface area contributed by atoms with Gasteiger partial charge >= 0.3 is 0 Å². The van der Waals surface area contributed by atoms with E-state index in [9.17, 15) is 37.7 Å². The van der Waals surface area contributed by atoms with Crippen LogP contribution in [0.1, 0.15) is 35.1 Å². The number of amides is 2. The van der Waals surface area contributed by atoms with Crippen molar-refractivity contribution in [3.05, 3.63) is 83.5 Å². The molecule has 8 heterocycles. The highest BCUT2D eigenvalue weighted by atomic mass is 19.1. The van der Waals surface area contributed by atoms with Gasteiger partial charge in [-0.1, -0.05) is 0 Å². The van der Waals surface area contributed by atoms with Crippen LogP contribution in [0.25, 0.3) is 0 Å². The molecule has 0 radical (unpaired) electrons. The Morgan fingerprint density at radius 3 is 1.38 bits per heavy atom. The van der Waals surface area contributed by atoms with E-state index in [-0.39, 0.29) is 63.1 Å². The lowest BCUT2D eigenvalue weighted by Gasteiger charge is -2.36. The van der Waals surface area contributed by atoms with Crippen molar-refractivity contribution < 1.29 is 36.6 Å². The van der Waals surface area contributed by atoms with E-state index >= 15 is 0 Å². The Labute approximate surface area is 329 Å². The zero-order valence-electron chi connectivity index (χ0n) is 30.9. The molecule has 16 nitrogen and oxygen atoms in total. The number of aromatic nitrogens is 6. The van der Waals surface area contributed by atoms with E-state index in [2.05, 4.69) is 29.9 Å². The lowest BCUT2D eigenvalue weighted by molar-refractivity contribution is -0.140. The van der Waals surface area contributed by atoms with Crippen LogP contribution in [0.2, 0.25) is 0 Å². The lowest BCUT2D eigenvalue weighted by Crippen LogP contribution is -2.49. The van der Waals surface area contributed by atoms with Crippen molar-refractivity contribution >= 4 is 23.7 Å². The molecule has 4 aromatic heterocycles. The largest absolute Gasteiger partial charge is 0.490 e. The summed E-state index contributed by atoms with van der Waals surface area (Å²) in [5, 5.41) is 18.4. The molecule has 0 bridgehead atoms. The molecule has 58 heavy (non-hydrogen) atoms. The minimum absolute atomic E-state index is 0.0386. The first-order valence-electron chi connectivity index (χ1n) is 18.4. The van der Waals surface area contributed by atoms with Gasteiger partial charge < -0.3 is 29.1 Å². The summed E-state index contributed by atoms with van der Waals surface area (Å²) in [6.07, 6.45) is 7.86. The molecule has 2 amide bonds. The number of hydrogen-bond acceptors (Lipinski definition) is 14. The molecule has 0 N–H and O–H groups in total. The minimum Gasteiger partial charge on any atom is -0.490 e. The fourth-order valence-corrected chi connectivity index (χ4v) is 7.31. The number of carbonyl (C=O) groups is 2. The fourth-order valence-electron chi connectivity index (χ4n) is 7.31. The van der Waals surface area contributed by atoms with Gasteiger partial charge in [0.15, 0.2) is 11.6 Å². The molecule has 4 aromatic rings. The first-order valence-corrected chi connectivity index (χ1v) is 18.4. The van der Waals surface area contributed by atoms with E-state index in [0.717, 1.165) is 24.8 Å². The highest BCUT2D eigenvalue weighted by Gasteiger charge is 2.40. The van der Waals surface area contributed by atoms with Gasteiger partial charge in [-0.25, -0.2) is 37.5 Å². The van der Waals surface area contributed by atoms with Crippen LogP contribution in [0, 0.1) is 46.1 Å². The molecule has 2 fully saturated rings. The molecule has 0 aliphatic carbocycles. The first kappa shape index (κ1) is 39.5. The number of alkyl halides is 2. The fraction of sp³-hybridized carbons (Fsp3) is 0.421. The average molecular weight is 801 g/mol. The summed E-state index contributed by atoms with van der Waals surface area (Å²) in [5.74, 6) is -1.95. The summed E-state index contributed by atoms with van der Waals surface area (Å²) in [4.78, 5) is 55.9. The van der Waals surface area contributed by atoms with Gasteiger partial charge in [0.1, 0.15) is 60.3 Å². The number of halogens is 4. The van der Waals surface area contributed by atoms with Gasteiger partial charge in [0, 0.05) is 49.0 Å². The van der Waals surface area contributed by atoms with E-state index < -0.39 is 35.8 Å². The molecule has 4 atom stereocenters. The lowest BCUT2D eigenvalue weighted by atomic mass is 9.93.